The van der Waals surface area contributed by atoms with Gasteiger partial charge in [0.15, 0.2) is 0 Å². The monoisotopic (exact) mass is 416 g/mol. The third-order valence-corrected chi connectivity index (χ3v) is 6.04. The minimum absolute atomic E-state index is 0.0490. The summed E-state index contributed by atoms with van der Waals surface area (Å²) in [4.78, 5) is 30.1. The molecule has 6 heteroatoms. The first-order chi connectivity index (χ1) is 15.1. The summed E-state index contributed by atoms with van der Waals surface area (Å²) in [5, 5.41) is 5.22. The lowest BCUT2D eigenvalue weighted by atomic mass is 10.0. The molecule has 0 spiro atoms. The number of fused-ring (bicyclic) bond motifs is 1. The smallest absolute Gasteiger partial charge is 0.326 e. The third kappa shape index (κ3) is 4.39. The van der Waals surface area contributed by atoms with Crippen LogP contribution in [0.4, 0.5) is 0 Å². The van der Waals surface area contributed by atoms with Crippen molar-refractivity contribution in [1.29, 1.82) is 0 Å². The Balaban J connectivity index is 1.29. The van der Waals surface area contributed by atoms with Gasteiger partial charge in [0.25, 0.3) is 5.91 Å². The van der Waals surface area contributed by atoms with E-state index in [0.717, 1.165) is 54.6 Å². The number of aromatic amines is 1. The molecule has 1 aliphatic heterocycles. The van der Waals surface area contributed by atoms with Crippen LogP contribution in [0.2, 0.25) is 0 Å². The van der Waals surface area contributed by atoms with Gasteiger partial charge < -0.3 is 15.2 Å². The molecule has 0 atom stereocenters. The number of likely N-dealkylation sites (tertiary alicyclic amines) is 1. The molecule has 0 aliphatic carbocycles. The lowest BCUT2D eigenvalue weighted by Crippen LogP contribution is -2.41. The average molecular weight is 417 g/mol. The highest BCUT2D eigenvalue weighted by atomic mass is 16.2. The van der Waals surface area contributed by atoms with Crippen LogP contribution in [0, 0.1) is 0 Å². The lowest BCUT2D eigenvalue weighted by molar-refractivity contribution is 0.0944. The number of carbonyl (C=O) groups excluding carboxylic acids is 1. The number of rotatable bonds is 7. The van der Waals surface area contributed by atoms with Crippen LogP contribution >= 0.6 is 0 Å². The summed E-state index contributed by atoms with van der Waals surface area (Å²) in [7, 11) is 0. The Kier molecular flexibility index (Phi) is 6.18. The van der Waals surface area contributed by atoms with E-state index in [2.05, 4.69) is 28.4 Å². The van der Waals surface area contributed by atoms with Crippen molar-refractivity contribution >= 4 is 28.8 Å². The fourth-order valence-corrected chi connectivity index (χ4v) is 4.37. The minimum Gasteiger partial charge on any atom is -0.351 e. The molecule has 2 N–H and O–H groups in total. The molecule has 2 heterocycles. The van der Waals surface area contributed by atoms with Gasteiger partial charge in [-0.25, -0.2) is 4.79 Å². The molecule has 0 radical (unpaired) electrons. The number of piperidine rings is 1. The first kappa shape index (κ1) is 20.9. The largest absolute Gasteiger partial charge is 0.351 e. The van der Waals surface area contributed by atoms with E-state index in [-0.39, 0.29) is 17.6 Å². The molecule has 1 aliphatic rings. The Bertz CT molecular complexity index is 1170. The van der Waals surface area contributed by atoms with Crippen molar-refractivity contribution < 1.29 is 4.79 Å². The normalized spacial score (nSPS) is 15.1. The van der Waals surface area contributed by atoms with Crippen molar-refractivity contribution in [3.8, 4) is 0 Å². The van der Waals surface area contributed by atoms with E-state index in [1.54, 1.807) is 12.2 Å². The van der Waals surface area contributed by atoms with Crippen LogP contribution in [0.15, 0.2) is 60.4 Å². The second kappa shape index (κ2) is 9.18. The number of benzene rings is 2. The minimum atomic E-state index is -0.106. The van der Waals surface area contributed by atoms with Crippen molar-refractivity contribution in [1.82, 2.24) is 19.8 Å². The third-order valence-electron chi connectivity index (χ3n) is 6.04. The summed E-state index contributed by atoms with van der Waals surface area (Å²) in [6.07, 6.45) is 5.13. The van der Waals surface area contributed by atoms with E-state index in [9.17, 15) is 9.59 Å². The van der Waals surface area contributed by atoms with E-state index >= 15 is 0 Å². The highest BCUT2D eigenvalue weighted by molar-refractivity contribution is 5.98. The average Bonchev–Trinajstić information content (AvgIpc) is 3.14. The van der Waals surface area contributed by atoms with Crippen molar-refractivity contribution in [2.24, 2.45) is 0 Å². The van der Waals surface area contributed by atoms with Gasteiger partial charge in [-0.1, -0.05) is 43.5 Å². The fraction of sp³-hybridized carbons (Fsp3) is 0.280. The number of aromatic nitrogens is 2. The predicted octanol–water partition coefficient (Wildman–Crippen LogP) is 3.68. The van der Waals surface area contributed by atoms with Crippen LogP contribution in [0.1, 0.15) is 40.6 Å². The topological polar surface area (TPSA) is 70.1 Å². The summed E-state index contributed by atoms with van der Waals surface area (Å²) >= 11 is 0. The molecule has 3 aromatic rings. The summed E-state index contributed by atoms with van der Waals surface area (Å²) in [6.45, 7) is 10.8. The maximum absolute atomic E-state index is 12.5. The molecule has 0 bridgehead atoms. The molecule has 1 saturated heterocycles. The van der Waals surface area contributed by atoms with E-state index in [1.165, 1.54) is 0 Å². The SMILES string of the molecule is C=Cc1[nH]c(=O)n(C2CCN(CCNC(=O)c3ccc4ccccc4c3)CC2)c1C=C. The van der Waals surface area contributed by atoms with Gasteiger partial charge in [-0.15, -0.1) is 0 Å². The predicted molar refractivity (Wildman–Crippen MR) is 126 cm³/mol. The standard InChI is InChI=1S/C25H28N4O2/c1-3-22-23(4-2)29(25(31)27-22)21-11-14-28(15-12-21)16-13-26-24(30)20-10-9-18-7-5-6-8-19(18)17-20/h3-10,17,21H,1-2,11-16H2,(H,26,30)(H,27,31). The van der Waals surface area contributed by atoms with Crippen LogP contribution in [0.25, 0.3) is 22.9 Å². The van der Waals surface area contributed by atoms with E-state index < -0.39 is 0 Å². The Morgan fingerprint density at radius 2 is 1.84 bits per heavy atom. The fourth-order valence-electron chi connectivity index (χ4n) is 4.37. The second-order valence-electron chi connectivity index (χ2n) is 7.90. The van der Waals surface area contributed by atoms with Gasteiger partial charge in [-0.05, 0) is 47.9 Å². The molecule has 6 nitrogen and oxygen atoms in total. The summed E-state index contributed by atoms with van der Waals surface area (Å²) in [6, 6.07) is 14.0. The molecule has 1 aromatic heterocycles. The lowest BCUT2D eigenvalue weighted by Gasteiger charge is -2.32. The zero-order valence-corrected chi connectivity index (χ0v) is 17.6. The van der Waals surface area contributed by atoms with Crippen LogP contribution < -0.4 is 11.0 Å². The first-order valence-corrected chi connectivity index (χ1v) is 10.7. The Labute approximate surface area is 181 Å². The molecule has 0 unspecified atom stereocenters. The van der Waals surface area contributed by atoms with E-state index in [1.807, 2.05) is 47.0 Å². The van der Waals surface area contributed by atoms with E-state index in [4.69, 9.17) is 0 Å². The van der Waals surface area contributed by atoms with Gasteiger partial charge in [-0.3, -0.25) is 9.36 Å². The number of hydrogen-bond donors (Lipinski definition) is 2. The number of H-pyrrole nitrogens is 1. The molecular weight excluding hydrogens is 388 g/mol. The Hall–Kier alpha value is -3.38. The molecule has 31 heavy (non-hydrogen) atoms. The van der Waals surface area contributed by atoms with Gasteiger partial charge in [0.05, 0.1) is 11.4 Å². The molecule has 0 saturated carbocycles. The molecule has 1 amide bonds. The molecular formula is C25H28N4O2. The highest BCUT2D eigenvalue weighted by Crippen LogP contribution is 2.24. The van der Waals surface area contributed by atoms with Gasteiger partial charge >= 0.3 is 5.69 Å². The molecule has 160 valence electrons. The van der Waals surface area contributed by atoms with Gasteiger partial charge in [-0.2, -0.15) is 0 Å². The van der Waals surface area contributed by atoms with Crippen molar-refractivity contribution in [3.05, 3.63) is 83.1 Å². The van der Waals surface area contributed by atoms with Crippen LogP contribution in [-0.4, -0.2) is 46.5 Å². The number of nitrogens with one attached hydrogen (secondary N) is 2. The van der Waals surface area contributed by atoms with E-state index in [0.29, 0.717) is 12.1 Å². The number of imidazole rings is 1. The maximum atomic E-state index is 12.5. The van der Waals surface area contributed by atoms with Crippen molar-refractivity contribution in [2.75, 3.05) is 26.2 Å². The molecule has 2 aromatic carbocycles. The second-order valence-corrected chi connectivity index (χ2v) is 7.90. The molecule has 4 rings (SSSR count). The highest BCUT2D eigenvalue weighted by Gasteiger charge is 2.24. The Morgan fingerprint density at radius 3 is 2.55 bits per heavy atom. The zero-order valence-electron chi connectivity index (χ0n) is 17.6. The summed E-state index contributed by atoms with van der Waals surface area (Å²) in [5.74, 6) is -0.0490. The number of carbonyl (C=O) groups is 1. The quantitative estimate of drug-likeness (QED) is 0.617. The van der Waals surface area contributed by atoms with Crippen LogP contribution in [-0.2, 0) is 0 Å². The number of hydrogen-bond acceptors (Lipinski definition) is 3. The number of amides is 1. The van der Waals surface area contributed by atoms with Gasteiger partial charge in [0, 0.05) is 37.8 Å². The van der Waals surface area contributed by atoms with Gasteiger partial charge in [0.1, 0.15) is 0 Å². The van der Waals surface area contributed by atoms with Crippen molar-refractivity contribution in [2.45, 2.75) is 18.9 Å². The summed E-state index contributed by atoms with van der Waals surface area (Å²) < 4.78 is 1.81. The van der Waals surface area contributed by atoms with Crippen LogP contribution in [0.3, 0.4) is 0 Å². The molecule has 1 fully saturated rings. The van der Waals surface area contributed by atoms with Crippen molar-refractivity contribution in [3.63, 3.8) is 0 Å². The Morgan fingerprint density at radius 1 is 1.10 bits per heavy atom. The zero-order chi connectivity index (χ0) is 21.8. The summed E-state index contributed by atoms with van der Waals surface area (Å²) in [5.41, 5.74) is 2.10. The number of nitrogens with zero attached hydrogens (tertiary/aromatic N) is 2. The van der Waals surface area contributed by atoms with Crippen LogP contribution in [0.5, 0.6) is 0 Å². The first-order valence-electron chi connectivity index (χ1n) is 10.7. The maximum Gasteiger partial charge on any atom is 0.326 e. The van der Waals surface area contributed by atoms with Gasteiger partial charge in [0.2, 0.25) is 0 Å².